The molecule has 0 saturated carbocycles. The zero-order valence-corrected chi connectivity index (χ0v) is 17.3. The lowest BCUT2D eigenvalue weighted by Crippen LogP contribution is -2.35. The van der Waals surface area contributed by atoms with Crippen LogP contribution in [0.15, 0.2) is 60.2 Å². The number of likely N-dealkylation sites (N-methyl/N-ethyl adjacent to an activating group) is 1. The van der Waals surface area contributed by atoms with E-state index in [1.54, 1.807) is 29.2 Å². The van der Waals surface area contributed by atoms with Gasteiger partial charge >= 0.3 is 0 Å². The van der Waals surface area contributed by atoms with Gasteiger partial charge in [0.25, 0.3) is 11.7 Å². The molecule has 2 aromatic carbocycles. The second-order valence-electron chi connectivity index (χ2n) is 7.65. The largest absolute Gasteiger partial charge is 0.507 e. The Hall–Kier alpha value is -3.12. The van der Waals surface area contributed by atoms with Gasteiger partial charge in [-0.3, -0.25) is 9.59 Å². The Morgan fingerprint density at radius 3 is 2.14 bits per heavy atom. The molecular weight excluding hydrogens is 366 g/mol. The number of hydrogen-bond donors (Lipinski definition) is 1. The van der Waals surface area contributed by atoms with Crippen LogP contribution in [-0.2, 0) is 9.59 Å². The fourth-order valence-corrected chi connectivity index (χ4v) is 3.47. The van der Waals surface area contributed by atoms with Crippen LogP contribution in [0, 0.1) is 0 Å². The van der Waals surface area contributed by atoms with Crippen LogP contribution >= 0.6 is 0 Å². The first-order valence-corrected chi connectivity index (χ1v) is 9.57. The summed E-state index contributed by atoms with van der Waals surface area (Å²) in [5.74, 6) is -1.36. The van der Waals surface area contributed by atoms with Gasteiger partial charge in [0.1, 0.15) is 5.76 Å². The number of rotatable bonds is 6. The number of likely N-dealkylation sites (tertiary alicyclic amines) is 1. The predicted octanol–water partition coefficient (Wildman–Crippen LogP) is 2.74. The number of hydrogen-bond acceptors (Lipinski definition) is 5. The maximum Gasteiger partial charge on any atom is 0.295 e. The Morgan fingerprint density at radius 1 is 0.966 bits per heavy atom. The molecule has 0 aliphatic carbocycles. The van der Waals surface area contributed by atoms with E-state index < -0.39 is 17.7 Å². The first kappa shape index (κ1) is 20.6. The van der Waals surface area contributed by atoms with Crippen LogP contribution in [0.2, 0.25) is 0 Å². The average Bonchev–Trinajstić information content (AvgIpc) is 2.97. The van der Waals surface area contributed by atoms with Gasteiger partial charge in [-0.05, 0) is 31.8 Å². The lowest BCUT2D eigenvalue weighted by Gasteiger charge is -2.27. The number of anilines is 1. The molecule has 0 bridgehead atoms. The van der Waals surface area contributed by atoms with E-state index in [1.807, 2.05) is 68.3 Å². The van der Waals surface area contributed by atoms with E-state index in [2.05, 4.69) is 0 Å². The van der Waals surface area contributed by atoms with Crippen LogP contribution < -0.4 is 4.90 Å². The maximum absolute atomic E-state index is 12.9. The fourth-order valence-electron chi connectivity index (χ4n) is 3.47. The molecule has 29 heavy (non-hydrogen) atoms. The van der Waals surface area contributed by atoms with E-state index in [0.29, 0.717) is 18.7 Å². The van der Waals surface area contributed by atoms with E-state index in [4.69, 9.17) is 0 Å². The molecule has 0 radical (unpaired) electrons. The Labute approximate surface area is 171 Å². The molecule has 1 atom stereocenters. The van der Waals surface area contributed by atoms with E-state index in [0.717, 1.165) is 11.3 Å². The van der Waals surface area contributed by atoms with Gasteiger partial charge in [-0.1, -0.05) is 42.5 Å². The molecule has 1 unspecified atom stereocenters. The lowest BCUT2D eigenvalue weighted by molar-refractivity contribution is -0.140. The van der Waals surface area contributed by atoms with Crippen LogP contribution in [0.5, 0.6) is 0 Å². The summed E-state index contributed by atoms with van der Waals surface area (Å²) in [5.41, 5.74) is 2.47. The molecule has 1 N–H and O–H groups in total. The van der Waals surface area contributed by atoms with E-state index in [-0.39, 0.29) is 11.3 Å². The fraction of sp³-hybridized carbons (Fsp3) is 0.304. The van der Waals surface area contributed by atoms with Gasteiger partial charge in [-0.25, -0.2) is 0 Å². The number of ketones is 1. The lowest BCUT2D eigenvalue weighted by atomic mass is 9.95. The number of aliphatic hydroxyl groups is 1. The average molecular weight is 393 g/mol. The SMILES string of the molecule is CN(C)CCN1C(=O)C(=O)/C(=C(\O)c2ccccc2)C1c1ccc(N(C)C)cc1. The summed E-state index contributed by atoms with van der Waals surface area (Å²) in [6.07, 6.45) is 0. The monoisotopic (exact) mass is 393 g/mol. The van der Waals surface area contributed by atoms with Crippen molar-refractivity contribution in [3.8, 4) is 0 Å². The molecule has 6 nitrogen and oxygen atoms in total. The molecule has 0 spiro atoms. The standard InChI is InChI=1S/C23H27N3O3/c1-24(2)14-15-26-20(16-10-12-18(13-11-16)25(3)4)19(22(28)23(26)29)21(27)17-8-6-5-7-9-17/h5-13,20,27H,14-15H2,1-4H3/b21-19-. The molecule has 1 amide bonds. The molecule has 6 heteroatoms. The zero-order valence-electron chi connectivity index (χ0n) is 17.3. The third-order valence-electron chi connectivity index (χ3n) is 5.10. The minimum Gasteiger partial charge on any atom is -0.507 e. The van der Waals surface area contributed by atoms with Gasteiger partial charge in [0.05, 0.1) is 11.6 Å². The van der Waals surface area contributed by atoms with Crippen LogP contribution in [-0.4, -0.2) is 67.9 Å². The van der Waals surface area contributed by atoms with Crippen LogP contribution in [0.1, 0.15) is 17.2 Å². The van der Waals surface area contributed by atoms with Crippen molar-refractivity contribution in [3.63, 3.8) is 0 Å². The van der Waals surface area contributed by atoms with Crippen molar-refractivity contribution in [2.24, 2.45) is 0 Å². The minimum atomic E-state index is -0.646. The first-order chi connectivity index (χ1) is 13.8. The highest BCUT2D eigenvalue weighted by Crippen LogP contribution is 2.39. The number of carbonyl (C=O) groups is 2. The zero-order chi connectivity index (χ0) is 21.1. The van der Waals surface area contributed by atoms with Crippen LogP contribution in [0.25, 0.3) is 5.76 Å². The molecule has 3 rings (SSSR count). The third kappa shape index (κ3) is 4.17. The van der Waals surface area contributed by atoms with Crippen molar-refractivity contribution in [1.29, 1.82) is 0 Å². The molecule has 152 valence electrons. The van der Waals surface area contributed by atoms with Crippen molar-refractivity contribution in [2.75, 3.05) is 46.2 Å². The van der Waals surface area contributed by atoms with E-state index in [9.17, 15) is 14.7 Å². The van der Waals surface area contributed by atoms with Crippen molar-refractivity contribution in [2.45, 2.75) is 6.04 Å². The Bertz CT molecular complexity index is 918. The molecule has 1 aliphatic rings. The van der Waals surface area contributed by atoms with E-state index >= 15 is 0 Å². The highest BCUT2D eigenvalue weighted by atomic mass is 16.3. The summed E-state index contributed by atoms with van der Waals surface area (Å²) in [7, 11) is 7.74. The third-order valence-corrected chi connectivity index (χ3v) is 5.10. The molecule has 1 fully saturated rings. The minimum absolute atomic E-state index is 0.137. The molecule has 0 aromatic heterocycles. The molecule has 1 heterocycles. The number of carbonyl (C=O) groups excluding carboxylic acids is 2. The molecular formula is C23H27N3O3. The van der Waals surface area contributed by atoms with Gasteiger partial charge < -0.3 is 19.8 Å². The normalized spacial score (nSPS) is 18.5. The van der Waals surface area contributed by atoms with Crippen LogP contribution in [0.3, 0.4) is 0 Å². The second kappa shape index (κ2) is 8.49. The van der Waals surface area contributed by atoms with Gasteiger partial charge in [0.2, 0.25) is 0 Å². The first-order valence-electron chi connectivity index (χ1n) is 9.57. The summed E-state index contributed by atoms with van der Waals surface area (Å²) in [4.78, 5) is 31.2. The molecule has 1 saturated heterocycles. The van der Waals surface area contributed by atoms with Crippen molar-refractivity contribution < 1.29 is 14.7 Å². The summed E-state index contributed by atoms with van der Waals surface area (Å²) >= 11 is 0. The maximum atomic E-state index is 12.9. The topological polar surface area (TPSA) is 64.1 Å². The summed E-state index contributed by atoms with van der Waals surface area (Å²) in [6, 6.07) is 16.0. The second-order valence-corrected chi connectivity index (χ2v) is 7.65. The number of benzene rings is 2. The smallest absolute Gasteiger partial charge is 0.295 e. The van der Waals surface area contributed by atoms with Crippen LogP contribution in [0.4, 0.5) is 5.69 Å². The number of aliphatic hydroxyl groups excluding tert-OH is 1. The van der Waals surface area contributed by atoms with Gasteiger partial charge in [-0.2, -0.15) is 0 Å². The van der Waals surface area contributed by atoms with Gasteiger partial charge in [-0.15, -0.1) is 0 Å². The van der Waals surface area contributed by atoms with Crippen molar-refractivity contribution in [3.05, 3.63) is 71.3 Å². The quantitative estimate of drug-likeness (QED) is 0.464. The summed E-state index contributed by atoms with van der Waals surface area (Å²) in [5, 5.41) is 10.9. The summed E-state index contributed by atoms with van der Waals surface area (Å²) in [6.45, 7) is 1.01. The van der Waals surface area contributed by atoms with Crippen molar-refractivity contribution in [1.82, 2.24) is 9.80 Å². The molecule has 2 aromatic rings. The van der Waals surface area contributed by atoms with Crippen molar-refractivity contribution >= 4 is 23.1 Å². The Kier molecular flexibility index (Phi) is 6.03. The number of nitrogens with zero attached hydrogens (tertiary/aromatic N) is 3. The van der Waals surface area contributed by atoms with Gasteiger partial charge in [0, 0.05) is 38.4 Å². The van der Waals surface area contributed by atoms with Gasteiger partial charge in [0.15, 0.2) is 0 Å². The molecule has 1 aliphatic heterocycles. The Balaban J connectivity index is 2.11. The predicted molar refractivity (Wildman–Crippen MR) is 115 cm³/mol. The number of amides is 1. The number of Topliss-reactive ketones (excluding diaryl/α,β-unsaturated/α-hetero) is 1. The summed E-state index contributed by atoms with van der Waals surface area (Å²) < 4.78 is 0. The highest BCUT2D eigenvalue weighted by molar-refractivity contribution is 6.46. The Morgan fingerprint density at radius 2 is 1.59 bits per heavy atom. The highest BCUT2D eigenvalue weighted by Gasteiger charge is 2.45. The van der Waals surface area contributed by atoms with E-state index in [1.165, 1.54) is 0 Å².